The maximum absolute atomic E-state index is 12.6. The molecule has 7 nitrogen and oxygen atoms in total. The average molecular weight is 451 g/mol. The summed E-state index contributed by atoms with van der Waals surface area (Å²) in [5.74, 6) is 0.405. The quantitative estimate of drug-likeness (QED) is 0.549. The van der Waals surface area contributed by atoms with Crippen LogP contribution in [-0.2, 0) is 17.1 Å². The van der Waals surface area contributed by atoms with E-state index in [1.165, 1.54) is 36.3 Å². The number of methoxy groups -OCH3 is 1. The van der Waals surface area contributed by atoms with Crippen molar-refractivity contribution in [1.29, 1.82) is 0 Å². The molecule has 0 aliphatic rings. The van der Waals surface area contributed by atoms with E-state index in [0.29, 0.717) is 22.2 Å². The fraction of sp³-hybridized carbons (Fsp3) is 0.263. The van der Waals surface area contributed by atoms with Gasteiger partial charge in [0.2, 0.25) is 11.3 Å². The van der Waals surface area contributed by atoms with Gasteiger partial charge in [-0.15, -0.1) is 10.2 Å². The number of thioether (sulfide) groups is 1. The van der Waals surface area contributed by atoms with E-state index < -0.39 is 0 Å². The fourth-order valence-corrected chi connectivity index (χ4v) is 4.51. The summed E-state index contributed by atoms with van der Waals surface area (Å²) >= 11 is 9.06. The molecule has 152 valence electrons. The van der Waals surface area contributed by atoms with Gasteiger partial charge in [-0.05, 0) is 31.5 Å². The first-order valence-corrected chi connectivity index (χ1v) is 10.8. The van der Waals surface area contributed by atoms with Crippen LogP contribution in [0.2, 0.25) is 5.02 Å². The number of ether oxygens (including phenoxy) is 1. The lowest BCUT2D eigenvalue weighted by Crippen LogP contribution is -2.22. The van der Waals surface area contributed by atoms with Crippen molar-refractivity contribution in [1.82, 2.24) is 14.8 Å². The molecule has 1 aromatic carbocycles. The number of halogens is 1. The maximum Gasteiger partial charge on any atom is 0.244 e. The van der Waals surface area contributed by atoms with Crippen LogP contribution in [0.5, 0.6) is 5.75 Å². The van der Waals surface area contributed by atoms with E-state index in [1.54, 1.807) is 22.9 Å². The SMILES string of the molecule is COc1cn(CC(=O)Nc2ccc(C)c(Cl)c2)c(CSc2nnc(C)s2)cc1=O. The topological polar surface area (TPSA) is 86.1 Å². The van der Waals surface area contributed by atoms with Crippen molar-refractivity contribution in [3.63, 3.8) is 0 Å². The molecule has 0 unspecified atom stereocenters. The molecule has 2 heterocycles. The number of hydrogen-bond acceptors (Lipinski definition) is 7. The van der Waals surface area contributed by atoms with Gasteiger partial charge in [-0.3, -0.25) is 9.59 Å². The lowest BCUT2D eigenvalue weighted by atomic mass is 10.2. The number of hydrogen-bond donors (Lipinski definition) is 1. The summed E-state index contributed by atoms with van der Waals surface area (Å²) in [6.45, 7) is 3.80. The number of carbonyl (C=O) groups is 1. The van der Waals surface area contributed by atoms with Gasteiger partial charge >= 0.3 is 0 Å². The van der Waals surface area contributed by atoms with Gasteiger partial charge in [0.05, 0.1) is 13.3 Å². The van der Waals surface area contributed by atoms with Crippen LogP contribution < -0.4 is 15.5 Å². The molecular weight excluding hydrogens is 432 g/mol. The molecule has 0 spiro atoms. The number of rotatable bonds is 7. The second kappa shape index (κ2) is 9.43. The lowest BCUT2D eigenvalue weighted by molar-refractivity contribution is -0.116. The Morgan fingerprint density at radius 1 is 1.31 bits per heavy atom. The van der Waals surface area contributed by atoms with Gasteiger partial charge in [-0.25, -0.2) is 0 Å². The molecule has 1 amide bonds. The third-order valence-corrected chi connectivity index (χ3v) is 6.44. The van der Waals surface area contributed by atoms with Gasteiger partial charge < -0.3 is 14.6 Å². The zero-order valence-electron chi connectivity index (χ0n) is 16.1. The molecule has 0 aliphatic carbocycles. The molecule has 2 aromatic heterocycles. The van der Waals surface area contributed by atoms with Crippen molar-refractivity contribution in [2.24, 2.45) is 0 Å². The minimum atomic E-state index is -0.242. The molecule has 0 atom stereocenters. The van der Waals surface area contributed by atoms with Gasteiger partial charge in [-0.2, -0.15) is 0 Å². The van der Waals surface area contributed by atoms with Crippen LogP contribution in [0, 0.1) is 13.8 Å². The first-order valence-electron chi connectivity index (χ1n) is 8.62. The first-order chi connectivity index (χ1) is 13.9. The van der Waals surface area contributed by atoms with Crippen molar-refractivity contribution in [2.75, 3.05) is 12.4 Å². The summed E-state index contributed by atoms with van der Waals surface area (Å²) in [7, 11) is 1.42. The minimum Gasteiger partial charge on any atom is -0.491 e. The molecule has 0 bridgehead atoms. The summed E-state index contributed by atoms with van der Waals surface area (Å²) in [4.78, 5) is 24.8. The summed E-state index contributed by atoms with van der Waals surface area (Å²) in [5.41, 5.74) is 1.99. The third-order valence-electron chi connectivity index (χ3n) is 4.02. The second-order valence-corrected chi connectivity index (χ2v) is 9.02. The van der Waals surface area contributed by atoms with E-state index in [4.69, 9.17) is 16.3 Å². The summed E-state index contributed by atoms with van der Waals surface area (Å²) in [6, 6.07) is 6.82. The van der Waals surface area contributed by atoms with Gasteiger partial charge in [0.25, 0.3) is 0 Å². The number of aryl methyl sites for hydroxylation is 2. The van der Waals surface area contributed by atoms with E-state index in [-0.39, 0.29) is 23.6 Å². The molecule has 29 heavy (non-hydrogen) atoms. The fourth-order valence-electron chi connectivity index (χ4n) is 2.52. The Labute approximate surface area is 181 Å². The highest BCUT2D eigenvalue weighted by Gasteiger charge is 2.13. The molecule has 1 N–H and O–H groups in total. The Kier molecular flexibility index (Phi) is 6.94. The zero-order valence-corrected chi connectivity index (χ0v) is 18.5. The van der Waals surface area contributed by atoms with Crippen LogP contribution in [0.25, 0.3) is 0 Å². The predicted molar refractivity (Wildman–Crippen MR) is 116 cm³/mol. The Balaban J connectivity index is 1.78. The maximum atomic E-state index is 12.6. The van der Waals surface area contributed by atoms with Crippen LogP contribution in [0.3, 0.4) is 0 Å². The number of nitrogens with one attached hydrogen (secondary N) is 1. The Bertz CT molecular complexity index is 1100. The summed E-state index contributed by atoms with van der Waals surface area (Å²) < 4.78 is 7.63. The van der Waals surface area contributed by atoms with Crippen molar-refractivity contribution < 1.29 is 9.53 Å². The Morgan fingerprint density at radius 3 is 2.76 bits per heavy atom. The van der Waals surface area contributed by atoms with Crippen molar-refractivity contribution in [3.8, 4) is 5.75 Å². The number of anilines is 1. The number of carbonyl (C=O) groups excluding carboxylic acids is 1. The van der Waals surface area contributed by atoms with Crippen LogP contribution in [0.15, 0.2) is 39.6 Å². The molecule has 0 saturated heterocycles. The largest absolute Gasteiger partial charge is 0.491 e. The highest BCUT2D eigenvalue weighted by atomic mass is 35.5. The van der Waals surface area contributed by atoms with E-state index in [2.05, 4.69) is 15.5 Å². The molecular formula is C19H19ClN4O3S2. The summed E-state index contributed by atoms with van der Waals surface area (Å²) in [5, 5.41) is 12.3. The predicted octanol–water partition coefficient (Wildman–Crippen LogP) is 3.91. The molecule has 0 aliphatic heterocycles. The molecule has 3 rings (SSSR count). The Hall–Kier alpha value is -2.36. The molecule has 0 radical (unpaired) electrons. The molecule has 3 aromatic rings. The number of aromatic nitrogens is 3. The molecule has 0 saturated carbocycles. The van der Waals surface area contributed by atoms with Crippen LogP contribution in [0.4, 0.5) is 5.69 Å². The van der Waals surface area contributed by atoms with Crippen molar-refractivity contribution in [3.05, 3.63) is 62.0 Å². The second-order valence-electron chi connectivity index (χ2n) is 6.21. The van der Waals surface area contributed by atoms with E-state index in [0.717, 1.165) is 14.9 Å². The molecule has 10 heteroatoms. The van der Waals surface area contributed by atoms with Crippen LogP contribution in [0.1, 0.15) is 16.3 Å². The number of pyridine rings is 1. The Morgan fingerprint density at radius 2 is 2.10 bits per heavy atom. The average Bonchev–Trinajstić information content (AvgIpc) is 3.09. The van der Waals surface area contributed by atoms with Gasteiger partial charge in [0.15, 0.2) is 10.1 Å². The zero-order chi connectivity index (χ0) is 21.0. The van der Waals surface area contributed by atoms with E-state index >= 15 is 0 Å². The van der Waals surface area contributed by atoms with Crippen molar-refractivity contribution in [2.45, 2.75) is 30.5 Å². The highest BCUT2D eigenvalue weighted by Crippen LogP contribution is 2.26. The van der Waals surface area contributed by atoms with Crippen molar-refractivity contribution >= 4 is 46.3 Å². The van der Waals surface area contributed by atoms with Crippen LogP contribution >= 0.6 is 34.7 Å². The third kappa shape index (κ3) is 5.59. The lowest BCUT2D eigenvalue weighted by Gasteiger charge is -2.14. The smallest absolute Gasteiger partial charge is 0.244 e. The number of amides is 1. The van der Waals surface area contributed by atoms with Gasteiger partial charge in [0.1, 0.15) is 11.6 Å². The van der Waals surface area contributed by atoms with Gasteiger partial charge in [-0.1, -0.05) is 40.8 Å². The van der Waals surface area contributed by atoms with E-state index in [1.807, 2.05) is 19.9 Å². The van der Waals surface area contributed by atoms with Crippen LogP contribution in [-0.4, -0.2) is 27.8 Å². The summed E-state index contributed by atoms with van der Waals surface area (Å²) in [6.07, 6.45) is 1.55. The monoisotopic (exact) mass is 450 g/mol. The van der Waals surface area contributed by atoms with Gasteiger partial charge in [0, 0.05) is 28.2 Å². The molecule has 0 fully saturated rings. The van der Waals surface area contributed by atoms with E-state index in [9.17, 15) is 9.59 Å². The minimum absolute atomic E-state index is 0.0210. The number of benzene rings is 1. The standard InChI is InChI=1S/C19H19ClN4O3S2/c1-11-4-5-13(6-15(11)20)21-18(26)9-24-8-17(27-3)16(25)7-14(24)10-28-19-23-22-12(2)29-19/h4-8H,9-10H2,1-3H3,(H,21,26). The normalized spacial score (nSPS) is 10.8. The number of nitrogens with zero attached hydrogens (tertiary/aromatic N) is 3. The highest BCUT2D eigenvalue weighted by molar-refractivity contribution is 8.00. The first kappa shape index (κ1) is 21.4.